The second-order valence-corrected chi connectivity index (χ2v) is 7.02. The third kappa shape index (κ3) is 9.45. The molecule has 1 aliphatic heterocycles. The molecule has 0 bridgehead atoms. The number of carboxylic acids is 1. The molecule has 9 nitrogen and oxygen atoms in total. The molecule has 166 valence electrons. The first kappa shape index (κ1) is 25.2. The van der Waals surface area contributed by atoms with E-state index in [1.807, 2.05) is 6.26 Å². The number of carbonyl (C=O) groups is 1. The van der Waals surface area contributed by atoms with Crippen LogP contribution in [-0.2, 0) is 9.53 Å². The van der Waals surface area contributed by atoms with Gasteiger partial charge in [0.05, 0.1) is 31.1 Å². The zero-order chi connectivity index (χ0) is 22.2. The van der Waals surface area contributed by atoms with Crippen LogP contribution in [0.4, 0.5) is 39.8 Å². The highest BCUT2D eigenvalue weighted by molar-refractivity contribution is 7.99. The average molecular weight is 469 g/mol. The van der Waals surface area contributed by atoms with Crippen molar-refractivity contribution in [1.82, 2.24) is 15.0 Å². The minimum atomic E-state index is -5.08. The summed E-state index contributed by atoms with van der Waals surface area (Å²) in [5, 5.41) is 12.3. The number of aliphatic carboxylic acids is 1. The molecular formula is C13H18ClF5N6O3S. The normalized spacial score (nSPS) is 19.2. The first-order valence-electron chi connectivity index (χ1n) is 7.77. The molecule has 0 saturated carbocycles. The minimum Gasteiger partial charge on any atom is -0.475 e. The number of nitrogens with one attached hydrogen (secondary N) is 3. The number of halogens is 6. The molecule has 16 heteroatoms. The number of aromatic nitrogens is 3. The Morgan fingerprint density at radius 2 is 1.76 bits per heavy atom. The van der Waals surface area contributed by atoms with Crippen molar-refractivity contribution in [1.29, 1.82) is 0 Å². The molecule has 0 spiro atoms. The number of carboxylic acid groups (broad SMARTS) is 1. The second kappa shape index (κ2) is 10.8. The fraction of sp³-hybridized carbons (Fsp3) is 0.692. The van der Waals surface area contributed by atoms with Gasteiger partial charge in [-0.15, -0.1) is 0 Å². The first-order chi connectivity index (χ1) is 13.4. The first-order valence-corrected chi connectivity index (χ1v) is 9.44. The fourth-order valence-electron chi connectivity index (χ4n) is 1.88. The lowest BCUT2D eigenvalue weighted by Crippen LogP contribution is -2.31. The molecule has 1 aromatic rings. The Morgan fingerprint density at radius 1 is 1.21 bits per heavy atom. The second-order valence-electron chi connectivity index (χ2n) is 5.39. The summed E-state index contributed by atoms with van der Waals surface area (Å²) in [6.45, 7) is 0.405. The van der Waals surface area contributed by atoms with Crippen LogP contribution in [0.5, 0.6) is 0 Å². The van der Waals surface area contributed by atoms with Crippen LogP contribution >= 0.6 is 23.4 Å². The van der Waals surface area contributed by atoms with Gasteiger partial charge in [-0.2, -0.15) is 48.7 Å². The average Bonchev–Trinajstić information content (AvgIpc) is 3.06. The number of hydrogen-bond acceptors (Lipinski definition) is 9. The van der Waals surface area contributed by atoms with Gasteiger partial charge < -0.3 is 25.8 Å². The maximum absolute atomic E-state index is 12.7. The summed E-state index contributed by atoms with van der Waals surface area (Å²) in [6, 6.07) is 0.0458. The van der Waals surface area contributed by atoms with Crippen LogP contribution in [0.3, 0.4) is 0 Å². The molecule has 0 aliphatic carbocycles. The molecule has 2 atom stereocenters. The molecular weight excluding hydrogens is 451 g/mol. The van der Waals surface area contributed by atoms with E-state index in [1.165, 1.54) is 0 Å². The molecule has 2 rings (SSSR count). The van der Waals surface area contributed by atoms with E-state index in [2.05, 4.69) is 30.9 Å². The Morgan fingerprint density at radius 3 is 2.24 bits per heavy atom. The number of hydrogen-bond donors (Lipinski definition) is 4. The highest BCUT2D eigenvalue weighted by Gasteiger charge is 2.38. The minimum absolute atomic E-state index is 0.0155. The monoisotopic (exact) mass is 468 g/mol. The highest BCUT2D eigenvalue weighted by Crippen LogP contribution is 2.22. The molecule has 4 N–H and O–H groups in total. The van der Waals surface area contributed by atoms with Gasteiger partial charge in [-0.25, -0.2) is 4.79 Å². The topological polar surface area (TPSA) is 121 Å². The predicted octanol–water partition coefficient (Wildman–Crippen LogP) is 2.33. The number of thioether (sulfide) groups is 1. The van der Waals surface area contributed by atoms with Crippen LogP contribution < -0.4 is 16.0 Å². The summed E-state index contributed by atoms with van der Waals surface area (Å²) < 4.78 is 62.5. The highest BCUT2D eigenvalue weighted by atomic mass is 35.5. The van der Waals surface area contributed by atoms with Gasteiger partial charge in [-0.1, -0.05) is 0 Å². The number of anilines is 3. The van der Waals surface area contributed by atoms with Gasteiger partial charge in [0.1, 0.15) is 0 Å². The summed E-state index contributed by atoms with van der Waals surface area (Å²) in [5.74, 6) is -2.19. The van der Waals surface area contributed by atoms with Crippen LogP contribution in [0, 0.1) is 0 Å². The molecule has 0 amide bonds. The van der Waals surface area contributed by atoms with Crippen molar-refractivity contribution in [2.45, 2.75) is 22.8 Å². The maximum Gasteiger partial charge on any atom is 0.490 e. The van der Waals surface area contributed by atoms with Crippen LogP contribution in [0.2, 0.25) is 0 Å². The van der Waals surface area contributed by atoms with Gasteiger partial charge in [-0.3, -0.25) is 0 Å². The summed E-state index contributed by atoms with van der Waals surface area (Å²) >= 11 is 6.54. The van der Waals surface area contributed by atoms with Gasteiger partial charge in [0.2, 0.25) is 17.8 Å². The molecule has 1 saturated heterocycles. The molecule has 29 heavy (non-hydrogen) atoms. The molecule has 0 unspecified atom stereocenters. The van der Waals surface area contributed by atoms with Gasteiger partial charge in [0.15, 0.2) is 0 Å². The number of nitrogens with zero attached hydrogens (tertiary/aromatic N) is 3. The van der Waals surface area contributed by atoms with Crippen molar-refractivity contribution in [2.75, 3.05) is 49.0 Å². The third-order valence-electron chi connectivity index (χ3n) is 3.19. The SMILES string of the molecule is CNc1nc(NCC(F)(F)Cl)nc(N[C@@H]2COC[C@H]2SC)n1.O=C(O)C(F)(F)F. The van der Waals surface area contributed by atoms with E-state index in [-0.39, 0.29) is 29.1 Å². The quantitative estimate of drug-likeness (QED) is 0.350. The Balaban J connectivity index is 0.000000516. The van der Waals surface area contributed by atoms with Crippen LogP contribution in [0.1, 0.15) is 0 Å². The van der Waals surface area contributed by atoms with E-state index in [0.717, 1.165) is 0 Å². The van der Waals surface area contributed by atoms with Gasteiger partial charge in [0, 0.05) is 7.05 Å². The Labute approximate surface area is 171 Å². The number of rotatable bonds is 7. The van der Waals surface area contributed by atoms with Crippen LogP contribution in [0.25, 0.3) is 0 Å². The van der Waals surface area contributed by atoms with Crippen molar-refractivity contribution in [3.63, 3.8) is 0 Å². The van der Waals surface area contributed by atoms with E-state index in [9.17, 15) is 22.0 Å². The zero-order valence-electron chi connectivity index (χ0n) is 15.1. The fourth-order valence-corrected chi connectivity index (χ4v) is 2.65. The van der Waals surface area contributed by atoms with E-state index in [4.69, 9.17) is 26.2 Å². The maximum atomic E-state index is 12.7. The van der Waals surface area contributed by atoms with Crippen LogP contribution in [0.15, 0.2) is 0 Å². The van der Waals surface area contributed by atoms with Crippen molar-refractivity contribution in [3.8, 4) is 0 Å². The van der Waals surface area contributed by atoms with E-state index < -0.39 is 24.1 Å². The van der Waals surface area contributed by atoms with E-state index >= 15 is 0 Å². The molecule has 1 aromatic heterocycles. The van der Waals surface area contributed by atoms with Crippen molar-refractivity contribution >= 4 is 47.2 Å². The van der Waals surface area contributed by atoms with Crippen LogP contribution in [-0.4, -0.2) is 81.9 Å². The molecule has 0 radical (unpaired) electrons. The lowest BCUT2D eigenvalue weighted by molar-refractivity contribution is -0.192. The lowest BCUT2D eigenvalue weighted by Gasteiger charge is -2.18. The van der Waals surface area contributed by atoms with Crippen molar-refractivity contribution in [2.24, 2.45) is 0 Å². The van der Waals surface area contributed by atoms with Crippen molar-refractivity contribution < 1.29 is 36.6 Å². The van der Waals surface area contributed by atoms with Crippen molar-refractivity contribution in [3.05, 3.63) is 0 Å². The molecule has 0 aromatic carbocycles. The van der Waals surface area contributed by atoms with E-state index in [0.29, 0.717) is 13.2 Å². The molecule has 1 aliphatic rings. The van der Waals surface area contributed by atoms with E-state index in [1.54, 1.807) is 18.8 Å². The molecule has 1 fully saturated rings. The molecule has 2 heterocycles. The number of alkyl halides is 6. The summed E-state index contributed by atoms with van der Waals surface area (Å²) in [4.78, 5) is 21.1. The largest absolute Gasteiger partial charge is 0.490 e. The third-order valence-corrected chi connectivity index (χ3v) is 4.40. The summed E-state index contributed by atoms with van der Waals surface area (Å²) in [7, 11) is 1.63. The van der Waals surface area contributed by atoms with Gasteiger partial charge >= 0.3 is 17.5 Å². The summed E-state index contributed by atoms with van der Waals surface area (Å²) in [6.07, 6.45) is -3.09. The Hall–Kier alpha value is -1.87. The standard InChI is InChI=1S/C11H17ClF2N6OS.C2HF3O2/c1-15-8-18-9(16-5-11(12,13)14)20-10(19-8)17-6-3-21-4-7(6)22-2;3-2(4,5)1(6)7/h6-7H,3-5H2,1-2H3,(H3,15,16,17,18,19,20);(H,6,7)/t6-,7-;/m1./s1. The smallest absolute Gasteiger partial charge is 0.475 e. The zero-order valence-corrected chi connectivity index (χ0v) is 16.6. The summed E-state index contributed by atoms with van der Waals surface area (Å²) in [5.41, 5.74) is 0. The van der Waals surface area contributed by atoms with Gasteiger partial charge in [0.25, 0.3) is 0 Å². The van der Waals surface area contributed by atoms with Gasteiger partial charge in [-0.05, 0) is 17.9 Å². The lowest BCUT2D eigenvalue weighted by atomic mass is 10.2. The Bertz CT molecular complexity index is 681. The number of ether oxygens (including phenoxy) is 1. The predicted molar refractivity (Wildman–Crippen MR) is 97.9 cm³/mol. The Kier molecular flexibility index (Phi) is 9.35.